The highest BCUT2D eigenvalue weighted by Gasteiger charge is 2.33. The minimum absolute atomic E-state index is 0.626. The van der Waals surface area contributed by atoms with E-state index in [1.807, 2.05) is 37.3 Å². The van der Waals surface area contributed by atoms with Gasteiger partial charge in [0.1, 0.15) is 0 Å². The van der Waals surface area contributed by atoms with Crippen molar-refractivity contribution in [2.45, 2.75) is 12.5 Å². The van der Waals surface area contributed by atoms with E-state index in [4.69, 9.17) is 0 Å². The quantitative estimate of drug-likeness (QED) is 0.774. The van der Waals surface area contributed by atoms with Crippen molar-refractivity contribution in [3.05, 3.63) is 69.2 Å². The number of hydrogen-bond acceptors (Lipinski definition) is 2. The molecule has 2 N–H and O–H groups in total. The Kier molecular flexibility index (Phi) is 3.05. The molecule has 0 heterocycles. The van der Waals surface area contributed by atoms with Crippen LogP contribution in [0.2, 0.25) is 0 Å². The number of rotatable bonds is 1. The Balaban J connectivity index is 2.35. The molecule has 96 valence electrons. The van der Waals surface area contributed by atoms with Crippen molar-refractivity contribution in [1.82, 2.24) is 5.48 Å². The average molecular weight is 316 g/mol. The third-order valence-corrected chi connectivity index (χ3v) is 4.21. The molecular weight excluding hydrogens is 302 g/mol. The summed E-state index contributed by atoms with van der Waals surface area (Å²) >= 11 is 3.50. The Morgan fingerprint density at radius 1 is 1.00 bits per heavy atom. The van der Waals surface area contributed by atoms with Gasteiger partial charge in [0.05, 0.1) is 5.54 Å². The molecule has 0 radical (unpaired) electrons. The van der Waals surface area contributed by atoms with Gasteiger partial charge >= 0.3 is 0 Å². The van der Waals surface area contributed by atoms with Crippen molar-refractivity contribution in [2.24, 2.45) is 0 Å². The molecule has 1 aliphatic carbocycles. The molecule has 0 fully saturated rings. The fourth-order valence-electron chi connectivity index (χ4n) is 2.65. The van der Waals surface area contributed by atoms with Crippen LogP contribution < -0.4 is 5.48 Å². The molecule has 0 aromatic heterocycles. The van der Waals surface area contributed by atoms with Crippen LogP contribution in [-0.2, 0) is 5.54 Å². The predicted molar refractivity (Wildman–Crippen MR) is 80.9 cm³/mol. The lowest BCUT2D eigenvalue weighted by Crippen LogP contribution is -2.39. The van der Waals surface area contributed by atoms with Gasteiger partial charge in [0.25, 0.3) is 0 Å². The fourth-order valence-corrected chi connectivity index (χ4v) is 3.01. The highest BCUT2D eigenvalue weighted by atomic mass is 79.9. The van der Waals surface area contributed by atoms with Crippen molar-refractivity contribution < 1.29 is 5.21 Å². The van der Waals surface area contributed by atoms with E-state index in [0.29, 0.717) is 0 Å². The lowest BCUT2D eigenvalue weighted by atomic mass is 9.82. The molecule has 0 aliphatic heterocycles. The highest BCUT2D eigenvalue weighted by molar-refractivity contribution is 9.10. The van der Waals surface area contributed by atoms with E-state index in [0.717, 1.165) is 26.7 Å². The Labute approximate surface area is 120 Å². The van der Waals surface area contributed by atoms with Gasteiger partial charge in [-0.2, -0.15) is 5.48 Å². The van der Waals surface area contributed by atoms with E-state index in [-0.39, 0.29) is 0 Å². The first-order valence-electron chi connectivity index (χ1n) is 6.14. The van der Waals surface area contributed by atoms with Gasteiger partial charge in [0, 0.05) is 4.47 Å². The Hall–Kier alpha value is -1.42. The zero-order valence-electron chi connectivity index (χ0n) is 10.5. The predicted octanol–water partition coefficient (Wildman–Crippen LogP) is 4.18. The third kappa shape index (κ3) is 1.94. The van der Waals surface area contributed by atoms with E-state index in [1.54, 1.807) is 0 Å². The standard InChI is InChI=1S/C16H14BrNO/c1-16(18-19)14-5-3-2-4-11(14)6-7-12-8-9-13(17)10-15(12)16/h2-10,18-19H,1H3/t16-/m1/s1. The van der Waals surface area contributed by atoms with Crippen molar-refractivity contribution in [2.75, 3.05) is 0 Å². The molecule has 3 rings (SSSR count). The van der Waals surface area contributed by atoms with E-state index < -0.39 is 5.54 Å². The summed E-state index contributed by atoms with van der Waals surface area (Å²) in [5.41, 5.74) is 6.19. The van der Waals surface area contributed by atoms with Gasteiger partial charge in [-0.3, -0.25) is 0 Å². The molecule has 0 amide bonds. The zero-order chi connectivity index (χ0) is 13.5. The van der Waals surface area contributed by atoms with Gasteiger partial charge in [0.2, 0.25) is 0 Å². The molecule has 3 heteroatoms. The minimum Gasteiger partial charge on any atom is -0.316 e. The van der Waals surface area contributed by atoms with E-state index >= 15 is 0 Å². The molecule has 0 saturated heterocycles. The highest BCUT2D eigenvalue weighted by Crippen LogP contribution is 2.38. The first-order chi connectivity index (χ1) is 9.15. The summed E-state index contributed by atoms with van der Waals surface area (Å²) in [4.78, 5) is 0. The topological polar surface area (TPSA) is 32.3 Å². The molecule has 2 nitrogen and oxygen atoms in total. The van der Waals surface area contributed by atoms with Crippen LogP contribution in [0, 0.1) is 0 Å². The summed E-state index contributed by atoms with van der Waals surface area (Å²) in [7, 11) is 0. The lowest BCUT2D eigenvalue weighted by molar-refractivity contribution is 0.0921. The van der Waals surface area contributed by atoms with Crippen molar-refractivity contribution in [1.29, 1.82) is 0 Å². The normalized spacial score (nSPS) is 20.6. The first-order valence-corrected chi connectivity index (χ1v) is 6.93. The molecular formula is C16H14BrNO. The van der Waals surface area contributed by atoms with Crippen LogP contribution in [0.5, 0.6) is 0 Å². The monoisotopic (exact) mass is 315 g/mol. The smallest absolute Gasteiger partial charge is 0.0911 e. The lowest BCUT2D eigenvalue weighted by Gasteiger charge is -2.31. The van der Waals surface area contributed by atoms with E-state index in [2.05, 4.69) is 45.7 Å². The van der Waals surface area contributed by atoms with Crippen LogP contribution in [0.4, 0.5) is 0 Å². The van der Waals surface area contributed by atoms with Gasteiger partial charge < -0.3 is 5.21 Å². The largest absolute Gasteiger partial charge is 0.316 e. The summed E-state index contributed by atoms with van der Waals surface area (Å²) in [6.07, 6.45) is 4.17. The van der Waals surface area contributed by atoms with Crippen LogP contribution in [0.3, 0.4) is 0 Å². The molecule has 19 heavy (non-hydrogen) atoms. The van der Waals surface area contributed by atoms with Crippen LogP contribution in [0.25, 0.3) is 12.2 Å². The van der Waals surface area contributed by atoms with Crippen LogP contribution in [0.1, 0.15) is 29.2 Å². The molecule has 1 atom stereocenters. The molecule has 0 spiro atoms. The second-order valence-corrected chi connectivity index (χ2v) is 5.80. The maximum absolute atomic E-state index is 9.77. The summed E-state index contributed by atoms with van der Waals surface area (Å²) in [6, 6.07) is 14.2. The maximum Gasteiger partial charge on any atom is 0.0911 e. The Morgan fingerprint density at radius 2 is 1.68 bits per heavy atom. The van der Waals surface area contributed by atoms with Gasteiger partial charge in [-0.1, -0.05) is 58.4 Å². The summed E-state index contributed by atoms with van der Waals surface area (Å²) < 4.78 is 1.00. The number of benzene rings is 2. The summed E-state index contributed by atoms with van der Waals surface area (Å²) in [5, 5.41) is 9.77. The first kappa shape index (κ1) is 12.6. The minimum atomic E-state index is -0.626. The van der Waals surface area contributed by atoms with Gasteiger partial charge in [-0.15, -0.1) is 0 Å². The van der Waals surface area contributed by atoms with Gasteiger partial charge in [-0.05, 0) is 41.3 Å². The molecule has 2 aromatic carbocycles. The average Bonchev–Trinajstić information content (AvgIpc) is 2.56. The number of hydroxylamine groups is 1. The summed E-state index contributed by atoms with van der Waals surface area (Å²) in [6.45, 7) is 1.99. The summed E-state index contributed by atoms with van der Waals surface area (Å²) in [5.74, 6) is 0. The SMILES string of the molecule is C[C@@]1(NO)c2ccccc2C=Cc2ccc(Br)cc21. The Morgan fingerprint density at radius 3 is 2.42 bits per heavy atom. The number of halogens is 1. The second kappa shape index (κ2) is 4.60. The number of fused-ring (bicyclic) bond motifs is 2. The second-order valence-electron chi connectivity index (χ2n) is 4.89. The fraction of sp³-hybridized carbons (Fsp3) is 0.125. The van der Waals surface area contributed by atoms with E-state index in [1.165, 1.54) is 0 Å². The Bertz CT molecular complexity index is 666. The van der Waals surface area contributed by atoms with Crippen molar-refractivity contribution >= 4 is 28.1 Å². The van der Waals surface area contributed by atoms with Crippen LogP contribution in [-0.4, -0.2) is 5.21 Å². The molecule has 0 unspecified atom stereocenters. The molecule has 1 aliphatic rings. The van der Waals surface area contributed by atoms with Crippen LogP contribution >= 0.6 is 15.9 Å². The molecule has 2 aromatic rings. The molecule has 0 saturated carbocycles. The maximum atomic E-state index is 9.77. The number of nitrogens with one attached hydrogen (secondary N) is 1. The van der Waals surface area contributed by atoms with Gasteiger partial charge in [0.15, 0.2) is 0 Å². The third-order valence-electron chi connectivity index (χ3n) is 3.72. The number of hydrogen-bond donors (Lipinski definition) is 2. The van der Waals surface area contributed by atoms with Crippen molar-refractivity contribution in [3.63, 3.8) is 0 Å². The van der Waals surface area contributed by atoms with Crippen molar-refractivity contribution in [3.8, 4) is 0 Å². The molecule has 0 bridgehead atoms. The van der Waals surface area contributed by atoms with E-state index in [9.17, 15) is 5.21 Å². The van der Waals surface area contributed by atoms with Gasteiger partial charge in [-0.25, -0.2) is 0 Å². The van der Waals surface area contributed by atoms with Crippen LogP contribution in [0.15, 0.2) is 46.9 Å². The zero-order valence-corrected chi connectivity index (χ0v) is 12.1.